The molecule has 0 fully saturated rings. The molecule has 0 saturated carbocycles. The van der Waals surface area contributed by atoms with E-state index in [9.17, 15) is 0 Å². The molecule has 0 heterocycles. The predicted molar refractivity (Wildman–Crippen MR) is 60.9 cm³/mol. The Morgan fingerprint density at radius 1 is 1.33 bits per heavy atom. The molecule has 1 rings (SSSR count). The van der Waals surface area contributed by atoms with Gasteiger partial charge >= 0.3 is 0 Å². The second-order valence-electron chi connectivity index (χ2n) is 2.52. The third-order valence-corrected chi connectivity index (χ3v) is 2.71. The van der Waals surface area contributed by atoms with Crippen LogP contribution < -0.4 is 0 Å². The zero-order chi connectivity index (χ0) is 8.81. The van der Waals surface area contributed by atoms with Gasteiger partial charge in [0.15, 0.2) is 0 Å². The molecule has 0 aliphatic rings. The van der Waals surface area contributed by atoms with Crippen LogP contribution in [0.1, 0.15) is 18.9 Å². The van der Waals surface area contributed by atoms with Crippen LogP contribution in [0.25, 0.3) is 0 Å². The SMILES string of the molecule is CC#CCCc1ccccc1I. The van der Waals surface area contributed by atoms with Crippen molar-refractivity contribution in [2.75, 3.05) is 0 Å². The van der Waals surface area contributed by atoms with Gasteiger partial charge in [-0.3, -0.25) is 0 Å². The standard InChI is InChI=1S/C11H11I/c1-2-3-4-7-10-8-5-6-9-11(10)12/h5-6,8-9H,4,7H2,1H3. The van der Waals surface area contributed by atoms with E-state index in [1.807, 2.05) is 6.92 Å². The lowest BCUT2D eigenvalue weighted by molar-refractivity contribution is 1.02. The Bertz CT molecular complexity index is 304. The predicted octanol–water partition coefficient (Wildman–Crippen LogP) is 3.25. The topological polar surface area (TPSA) is 0 Å². The molecular weight excluding hydrogens is 259 g/mol. The van der Waals surface area contributed by atoms with Gasteiger partial charge in [0.05, 0.1) is 0 Å². The molecule has 0 bridgehead atoms. The molecule has 0 atom stereocenters. The fourth-order valence-electron chi connectivity index (χ4n) is 1.02. The molecule has 1 aromatic carbocycles. The number of halogens is 1. The highest BCUT2D eigenvalue weighted by atomic mass is 127. The van der Waals surface area contributed by atoms with E-state index in [1.165, 1.54) is 9.13 Å². The Kier molecular flexibility index (Phi) is 4.16. The van der Waals surface area contributed by atoms with E-state index >= 15 is 0 Å². The van der Waals surface area contributed by atoms with Crippen LogP contribution in [0.5, 0.6) is 0 Å². The zero-order valence-corrected chi connectivity index (χ0v) is 9.26. The fraction of sp³-hybridized carbons (Fsp3) is 0.273. The third-order valence-electron chi connectivity index (χ3n) is 1.65. The summed E-state index contributed by atoms with van der Waals surface area (Å²) in [6.45, 7) is 1.88. The lowest BCUT2D eigenvalue weighted by Crippen LogP contribution is -1.86. The molecule has 0 aromatic heterocycles. The van der Waals surface area contributed by atoms with E-state index in [0.717, 1.165) is 12.8 Å². The summed E-state index contributed by atoms with van der Waals surface area (Å²) in [5, 5.41) is 0. The molecule has 0 aliphatic carbocycles. The molecule has 0 radical (unpaired) electrons. The maximum atomic E-state index is 3.07. The Balaban J connectivity index is 2.61. The van der Waals surface area contributed by atoms with Gasteiger partial charge in [0, 0.05) is 9.99 Å². The summed E-state index contributed by atoms with van der Waals surface area (Å²) < 4.78 is 1.34. The first-order chi connectivity index (χ1) is 5.84. The van der Waals surface area contributed by atoms with Gasteiger partial charge in [-0.05, 0) is 47.6 Å². The quantitative estimate of drug-likeness (QED) is 0.571. The molecule has 0 spiro atoms. The van der Waals surface area contributed by atoms with Crippen molar-refractivity contribution in [1.82, 2.24) is 0 Å². The normalized spacial score (nSPS) is 8.83. The van der Waals surface area contributed by atoms with Crippen molar-refractivity contribution < 1.29 is 0 Å². The van der Waals surface area contributed by atoms with Crippen molar-refractivity contribution in [3.8, 4) is 11.8 Å². The second-order valence-corrected chi connectivity index (χ2v) is 3.68. The smallest absolute Gasteiger partial charge is 0.0162 e. The maximum Gasteiger partial charge on any atom is 0.0162 e. The first-order valence-corrected chi connectivity index (χ1v) is 5.05. The van der Waals surface area contributed by atoms with Gasteiger partial charge in [0.2, 0.25) is 0 Å². The minimum Gasteiger partial charge on any atom is -0.107 e. The molecule has 1 heteroatoms. The van der Waals surface area contributed by atoms with Crippen LogP contribution in [0.4, 0.5) is 0 Å². The summed E-state index contributed by atoms with van der Waals surface area (Å²) in [5.41, 5.74) is 1.40. The van der Waals surface area contributed by atoms with E-state index in [4.69, 9.17) is 0 Å². The summed E-state index contributed by atoms with van der Waals surface area (Å²) in [5.74, 6) is 5.98. The molecule has 0 N–H and O–H groups in total. The van der Waals surface area contributed by atoms with Gasteiger partial charge in [-0.2, -0.15) is 0 Å². The Morgan fingerprint density at radius 3 is 2.75 bits per heavy atom. The molecule has 0 amide bonds. The lowest BCUT2D eigenvalue weighted by Gasteiger charge is -1.99. The highest BCUT2D eigenvalue weighted by Gasteiger charge is 1.95. The molecule has 12 heavy (non-hydrogen) atoms. The largest absolute Gasteiger partial charge is 0.107 e. The van der Waals surface area contributed by atoms with Gasteiger partial charge in [-0.25, -0.2) is 0 Å². The van der Waals surface area contributed by atoms with Crippen LogP contribution in [-0.4, -0.2) is 0 Å². The third kappa shape index (κ3) is 2.86. The minimum absolute atomic E-state index is 0.969. The molecule has 1 aromatic rings. The molecule has 0 aliphatic heterocycles. The van der Waals surface area contributed by atoms with Crippen LogP contribution in [0, 0.1) is 15.4 Å². The highest BCUT2D eigenvalue weighted by molar-refractivity contribution is 14.1. The van der Waals surface area contributed by atoms with E-state index in [0.29, 0.717) is 0 Å². The van der Waals surface area contributed by atoms with E-state index in [-0.39, 0.29) is 0 Å². The van der Waals surface area contributed by atoms with Crippen LogP contribution >= 0.6 is 22.6 Å². The van der Waals surface area contributed by atoms with Gasteiger partial charge in [0.25, 0.3) is 0 Å². The Hall–Kier alpha value is -0.490. The van der Waals surface area contributed by atoms with Crippen molar-refractivity contribution in [3.05, 3.63) is 33.4 Å². The number of hydrogen-bond acceptors (Lipinski definition) is 0. The summed E-state index contributed by atoms with van der Waals surface area (Å²) >= 11 is 2.36. The Morgan fingerprint density at radius 2 is 2.08 bits per heavy atom. The van der Waals surface area contributed by atoms with Gasteiger partial charge < -0.3 is 0 Å². The molecular formula is C11H11I. The monoisotopic (exact) mass is 270 g/mol. The molecule has 0 saturated heterocycles. The van der Waals surface area contributed by atoms with Gasteiger partial charge in [0.1, 0.15) is 0 Å². The number of rotatable bonds is 2. The fourth-order valence-corrected chi connectivity index (χ4v) is 1.68. The number of aryl methyl sites for hydroxylation is 1. The highest BCUT2D eigenvalue weighted by Crippen LogP contribution is 2.12. The van der Waals surface area contributed by atoms with E-state index in [2.05, 4.69) is 58.7 Å². The zero-order valence-electron chi connectivity index (χ0n) is 7.10. The first kappa shape index (κ1) is 9.60. The van der Waals surface area contributed by atoms with Crippen molar-refractivity contribution in [1.29, 1.82) is 0 Å². The maximum absolute atomic E-state index is 3.07. The van der Waals surface area contributed by atoms with Crippen LogP contribution in [0.15, 0.2) is 24.3 Å². The molecule has 0 nitrogen and oxygen atoms in total. The van der Waals surface area contributed by atoms with E-state index in [1.54, 1.807) is 0 Å². The van der Waals surface area contributed by atoms with Crippen molar-refractivity contribution >= 4 is 22.6 Å². The average Bonchev–Trinajstić information content (AvgIpc) is 2.09. The summed E-state index contributed by atoms with van der Waals surface area (Å²) in [4.78, 5) is 0. The first-order valence-electron chi connectivity index (χ1n) is 3.97. The minimum atomic E-state index is 0.969. The van der Waals surface area contributed by atoms with Crippen molar-refractivity contribution in [3.63, 3.8) is 0 Å². The number of hydrogen-bond donors (Lipinski definition) is 0. The average molecular weight is 270 g/mol. The summed E-state index contributed by atoms with van der Waals surface area (Å²) in [6.07, 6.45) is 2.04. The van der Waals surface area contributed by atoms with Gasteiger partial charge in [-0.1, -0.05) is 18.2 Å². The lowest BCUT2D eigenvalue weighted by atomic mass is 10.1. The Labute approximate surface area is 87.5 Å². The van der Waals surface area contributed by atoms with Crippen LogP contribution in [0.3, 0.4) is 0 Å². The van der Waals surface area contributed by atoms with Crippen molar-refractivity contribution in [2.45, 2.75) is 19.8 Å². The second kappa shape index (κ2) is 5.21. The number of benzene rings is 1. The molecule has 0 unspecified atom stereocenters. The molecule has 62 valence electrons. The summed E-state index contributed by atoms with van der Waals surface area (Å²) in [6, 6.07) is 8.45. The van der Waals surface area contributed by atoms with Gasteiger partial charge in [-0.15, -0.1) is 11.8 Å². The van der Waals surface area contributed by atoms with Crippen LogP contribution in [0.2, 0.25) is 0 Å². The van der Waals surface area contributed by atoms with Crippen LogP contribution in [-0.2, 0) is 6.42 Å². The summed E-state index contributed by atoms with van der Waals surface area (Å²) in [7, 11) is 0. The van der Waals surface area contributed by atoms with Crippen molar-refractivity contribution in [2.24, 2.45) is 0 Å². The van der Waals surface area contributed by atoms with E-state index < -0.39 is 0 Å².